The first-order valence-corrected chi connectivity index (χ1v) is 4.61. The van der Waals surface area contributed by atoms with Crippen molar-refractivity contribution in [3.05, 3.63) is 35.4 Å². The van der Waals surface area contributed by atoms with E-state index in [-0.39, 0.29) is 0 Å². The maximum absolute atomic E-state index is 12.2. The Morgan fingerprint density at radius 3 is 2.35 bits per heavy atom. The second kappa shape index (κ2) is 5.33. The van der Waals surface area contributed by atoms with E-state index in [1.807, 2.05) is 0 Å². The van der Waals surface area contributed by atoms with Crippen LogP contribution in [0.25, 0.3) is 0 Å². The van der Waals surface area contributed by atoms with Gasteiger partial charge in [0.05, 0.1) is 11.8 Å². The number of hydrogen-bond donors (Lipinski definition) is 2. The van der Waals surface area contributed by atoms with Crippen molar-refractivity contribution in [3.63, 3.8) is 0 Å². The topological polar surface area (TPSA) is 53.5 Å². The standard InChI is InChI=1S/C10H10F3N3O/c1-14-9(17)16-15-6-7-2-4-8(5-3-7)10(11,12)13/h2-6H,1H3,(H2,14,16,17)/b15-6+. The number of alkyl halides is 3. The number of nitrogens with one attached hydrogen (secondary N) is 2. The van der Waals surface area contributed by atoms with Crippen LogP contribution in [0.15, 0.2) is 29.4 Å². The zero-order valence-corrected chi connectivity index (χ0v) is 8.88. The molecule has 0 unspecified atom stereocenters. The van der Waals surface area contributed by atoms with Gasteiger partial charge >= 0.3 is 12.2 Å². The lowest BCUT2D eigenvalue weighted by atomic mass is 10.1. The Morgan fingerprint density at radius 2 is 1.88 bits per heavy atom. The molecule has 0 aliphatic heterocycles. The number of carbonyl (C=O) groups excluding carboxylic acids is 1. The van der Waals surface area contributed by atoms with Crippen LogP contribution in [0.2, 0.25) is 0 Å². The Morgan fingerprint density at radius 1 is 1.29 bits per heavy atom. The van der Waals surface area contributed by atoms with Gasteiger partial charge in [0, 0.05) is 7.05 Å². The first-order valence-electron chi connectivity index (χ1n) is 4.61. The van der Waals surface area contributed by atoms with Gasteiger partial charge in [0.2, 0.25) is 0 Å². The van der Waals surface area contributed by atoms with Crippen LogP contribution in [-0.2, 0) is 6.18 Å². The summed E-state index contributed by atoms with van der Waals surface area (Å²) >= 11 is 0. The highest BCUT2D eigenvalue weighted by Crippen LogP contribution is 2.28. The van der Waals surface area contributed by atoms with Gasteiger partial charge < -0.3 is 5.32 Å². The molecule has 1 aromatic rings. The van der Waals surface area contributed by atoms with E-state index in [0.717, 1.165) is 12.1 Å². The molecule has 0 aliphatic rings. The van der Waals surface area contributed by atoms with Gasteiger partial charge in [-0.3, -0.25) is 0 Å². The van der Waals surface area contributed by atoms with Crippen LogP contribution in [0.3, 0.4) is 0 Å². The van der Waals surface area contributed by atoms with Crippen molar-refractivity contribution in [2.75, 3.05) is 7.05 Å². The van der Waals surface area contributed by atoms with Crippen molar-refractivity contribution in [1.82, 2.24) is 10.7 Å². The van der Waals surface area contributed by atoms with Gasteiger partial charge in [-0.05, 0) is 17.7 Å². The van der Waals surface area contributed by atoms with Crippen LogP contribution in [0, 0.1) is 0 Å². The zero-order chi connectivity index (χ0) is 12.9. The number of urea groups is 1. The normalized spacial score (nSPS) is 11.5. The molecule has 1 rings (SSSR count). The van der Waals surface area contributed by atoms with E-state index in [4.69, 9.17) is 0 Å². The van der Waals surface area contributed by atoms with E-state index < -0.39 is 17.8 Å². The Kier molecular flexibility index (Phi) is 4.08. The first-order chi connectivity index (χ1) is 7.93. The Bertz CT molecular complexity index is 412. The Hall–Kier alpha value is -2.05. The largest absolute Gasteiger partial charge is 0.416 e. The van der Waals surface area contributed by atoms with Gasteiger partial charge in [-0.25, -0.2) is 10.2 Å². The molecule has 0 fully saturated rings. The molecule has 4 nitrogen and oxygen atoms in total. The zero-order valence-electron chi connectivity index (χ0n) is 8.88. The highest BCUT2D eigenvalue weighted by atomic mass is 19.4. The fraction of sp³-hybridized carbons (Fsp3) is 0.200. The smallest absolute Gasteiger partial charge is 0.340 e. The van der Waals surface area contributed by atoms with Gasteiger partial charge in [0.1, 0.15) is 0 Å². The molecule has 0 aromatic heterocycles. The number of nitrogens with zero attached hydrogens (tertiary/aromatic N) is 1. The van der Waals surface area contributed by atoms with Gasteiger partial charge in [-0.2, -0.15) is 18.3 Å². The summed E-state index contributed by atoms with van der Waals surface area (Å²) < 4.78 is 36.7. The molecule has 0 saturated heterocycles. The highest BCUT2D eigenvalue weighted by Gasteiger charge is 2.29. The van der Waals surface area contributed by atoms with Crippen LogP contribution in [-0.4, -0.2) is 19.3 Å². The molecule has 0 radical (unpaired) electrons. The molecule has 2 N–H and O–H groups in total. The average Bonchev–Trinajstić information content (AvgIpc) is 2.28. The number of rotatable bonds is 2. The van der Waals surface area contributed by atoms with Crippen molar-refractivity contribution in [3.8, 4) is 0 Å². The number of hydrogen-bond acceptors (Lipinski definition) is 2. The average molecular weight is 245 g/mol. The van der Waals surface area contributed by atoms with Gasteiger partial charge in [0.15, 0.2) is 0 Å². The van der Waals surface area contributed by atoms with E-state index in [0.29, 0.717) is 5.56 Å². The summed E-state index contributed by atoms with van der Waals surface area (Å²) in [5, 5.41) is 5.80. The lowest BCUT2D eigenvalue weighted by Gasteiger charge is -2.05. The third kappa shape index (κ3) is 4.13. The van der Waals surface area contributed by atoms with Crippen molar-refractivity contribution in [2.24, 2.45) is 5.10 Å². The third-order valence-electron chi connectivity index (χ3n) is 1.84. The third-order valence-corrected chi connectivity index (χ3v) is 1.84. The predicted octanol–water partition coefficient (Wildman–Crippen LogP) is 1.97. The summed E-state index contributed by atoms with van der Waals surface area (Å²) in [6, 6.07) is 3.91. The second-order valence-electron chi connectivity index (χ2n) is 3.07. The van der Waals surface area contributed by atoms with Crippen LogP contribution < -0.4 is 10.7 Å². The van der Waals surface area contributed by atoms with Crippen molar-refractivity contribution in [1.29, 1.82) is 0 Å². The van der Waals surface area contributed by atoms with Crippen molar-refractivity contribution in [2.45, 2.75) is 6.18 Å². The summed E-state index contributed by atoms with van der Waals surface area (Å²) in [5.74, 6) is 0. The van der Waals surface area contributed by atoms with Crippen LogP contribution >= 0.6 is 0 Å². The predicted molar refractivity (Wildman–Crippen MR) is 56.6 cm³/mol. The molecule has 0 atom stereocenters. The lowest BCUT2D eigenvalue weighted by Crippen LogP contribution is -2.28. The highest BCUT2D eigenvalue weighted by molar-refractivity contribution is 5.81. The maximum atomic E-state index is 12.2. The first kappa shape index (κ1) is 13.0. The SMILES string of the molecule is CNC(=O)N/N=C/c1ccc(C(F)(F)F)cc1. The summed E-state index contributed by atoms with van der Waals surface area (Å²) in [4.78, 5) is 10.7. The van der Waals surface area contributed by atoms with Crippen LogP contribution in [0.4, 0.5) is 18.0 Å². The van der Waals surface area contributed by atoms with E-state index in [9.17, 15) is 18.0 Å². The molecule has 0 aliphatic carbocycles. The summed E-state index contributed by atoms with van der Waals surface area (Å²) in [6.45, 7) is 0. The van der Waals surface area contributed by atoms with Crippen LogP contribution in [0.5, 0.6) is 0 Å². The van der Waals surface area contributed by atoms with E-state index in [1.54, 1.807) is 0 Å². The van der Waals surface area contributed by atoms with Crippen molar-refractivity contribution >= 4 is 12.2 Å². The Balaban J connectivity index is 2.66. The van der Waals surface area contributed by atoms with Crippen molar-refractivity contribution < 1.29 is 18.0 Å². The van der Waals surface area contributed by atoms with Crippen LogP contribution in [0.1, 0.15) is 11.1 Å². The minimum absolute atomic E-state index is 0.453. The second-order valence-corrected chi connectivity index (χ2v) is 3.07. The lowest BCUT2D eigenvalue weighted by molar-refractivity contribution is -0.137. The number of carbonyl (C=O) groups is 1. The van der Waals surface area contributed by atoms with Gasteiger partial charge in [-0.1, -0.05) is 12.1 Å². The molecule has 0 heterocycles. The molecule has 17 heavy (non-hydrogen) atoms. The minimum atomic E-state index is -4.35. The van der Waals surface area contributed by atoms with E-state index in [2.05, 4.69) is 15.8 Å². The fourth-order valence-corrected chi connectivity index (χ4v) is 0.980. The quantitative estimate of drug-likeness (QED) is 0.607. The number of hydrazone groups is 1. The molecule has 0 bridgehead atoms. The maximum Gasteiger partial charge on any atom is 0.416 e. The molecule has 92 valence electrons. The molecular formula is C10H10F3N3O. The fourth-order valence-electron chi connectivity index (χ4n) is 0.980. The Labute approximate surface area is 95.5 Å². The summed E-state index contributed by atoms with van der Waals surface area (Å²) in [5.41, 5.74) is 1.85. The summed E-state index contributed by atoms with van der Waals surface area (Å²) in [7, 11) is 1.42. The number of benzene rings is 1. The molecular weight excluding hydrogens is 235 g/mol. The van der Waals surface area contributed by atoms with Gasteiger partial charge in [-0.15, -0.1) is 0 Å². The molecule has 2 amide bonds. The molecule has 0 spiro atoms. The number of amides is 2. The number of halogens is 3. The summed E-state index contributed by atoms with van der Waals surface area (Å²) in [6.07, 6.45) is -3.11. The monoisotopic (exact) mass is 245 g/mol. The minimum Gasteiger partial charge on any atom is -0.340 e. The molecule has 7 heteroatoms. The molecule has 0 saturated carbocycles. The van der Waals surface area contributed by atoms with E-state index >= 15 is 0 Å². The molecule has 1 aromatic carbocycles. The van der Waals surface area contributed by atoms with E-state index in [1.165, 1.54) is 25.4 Å². The van der Waals surface area contributed by atoms with Gasteiger partial charge in [0.25, 0.3) is 0 Å².